The highest BCUT2D eigenvalue weighted by Crippen LogP contribution is 2.19. The summed E-state index contributed by atoms with van der Waals surface area (Å²) in [5, 5.41) is 0. The number of hydrogen-bond acceptors (Lipinski definition) is 3. The number of aromatic nitrogens is 1. The van der Waals surface area contributed by atoms with E-state index in [-0.39, 0.29) is 11.3 Å². The van der Waals surface area contributed by atoms with Crippen LogP contribution < -0.4 is 5.73 Å². The van der Waals surface area contributed by atoms with Gasteiger partial charge in [-0.2, -0.15) is 0 Å². The summed E-state index contributed by atoms with van der Waals surface area (Å²) in [7, 11) is 0. The van der Waals surface area contributed by atoms with Crippen molar-refractivity contribution in [3.8, 4) is 0 Å². The van der Waals surface area contributed by atoms with E-state index < -0.39 is 6.04 Å². The topological polar surface area (TPSA) is 59.2 Å². The molecule has 0 aliphatic heterocycles. The molecule has 1 amide bonds. The van der Waals surface area contributed by atoms with Crippen LogP contribution in [0.5, 0.6) is 0 Å². The van der Waals surface area contributed by atoms with Gasteiger partial charge in [-0.1, -0.05) is 20.8 Å². The number of rotatable bonds is 4. The van der Waals surface area contributed by atoms with Crippen molar-refractivity contribution in [3.63, 3.8) is 0 Å². The van der Waals surface area contributed by atoms with Gasteiger partial charge < -0.3 is 10.6 Å². The van der Waals surface area contributed by atoms with Gasteiger partial charge in [0.1, 0.15) is 0 Å². The molecule has 0 aromatic carbocycles. The second-order valence-corrected chi connectivity index (χ2v) is 5.55. The lowest BCUT2D eigenvalue weighted by atomic mass is 9.86. The molecule has 0 spiro atoms. The zero-order valence-electron chi connectivity index (χ0n) is 11.7. The highest BCUT2D eigenvalue weighted by Gasteiger charge is 2.30. The Morgan fingerprint density at radius 3 is 2.39 bits per heavy atom. The first-order valence-electron chi connectivity index (χ1n) is 6.29. The smallest absolute Gasteiger partial charge is 0.240 e. The van der Waals surface area contributed by atoms with Gasteiger partial charge in [0.05, 0.1) is 6.04 Å². The minimum Gasteiger partial charge on any atom is -0.337 e. The van der Waals surface area contributed by atoms with E-state index in [9.17, 15) is 4.79 Å². The molecular weight excluding hydrogens is 226 g/mol. The third kappa shape index (κ3) is 3.81. The lowest BCUT2D eigenvalue weighted by Gasteiger charge is -2.31. The quantitative estimate of drug-likeness (QED) is 0.885. The van der Waals surface area contributed by atoms with Crippen molar-refractivity contribution in [2.24, 2.45) is 11.1 Å². The van der Waals surface area contributed by atoms with Crippen LogP contribution in [0.25, 0.3) is 0 Å². The van der Waals surface area contributed by atoms with E-state index in [0.29, 0.717) is 13.1 Å². The molecule has 4 nitrogen and oxygen atoms in total. The number of likely N-dealkylation sites (N-methyl/N-ethyl adjacent to an activating group) is 1. The van der Waals surface area contributed by atoms with Crippen LogP contribution in [0.2, 0.25) is 0 Å². The molecule has 4 heteroatoms. The van der Waals surface area contributed by atoms with Gasteiger partial charge >= 0.3 is 0 Å². The Kier molecular flexibility index (Phi) is 4.84. The third-order valence-electron chi connectivity index (χ3n) is 3.02. The molecule has 0 radical (unpaired) electrons. The van der Waals surface area contributed by atoms with Gasteiger partial charge in [0.15, 0.2) is 0 Å². The zero-order valence-corrected chi connectivity index (χ0v) is 11.7. The van der Waals surface area contributed by atoms with Gasteiger partial charge in [-0.3, -0.25) is 9.78 Å². The largest absolute Gasteiger partial charge is 0.337 e. The number of nitrogens with two attached hydrogens (primary N) is 1. The number of hydrogen-bond donors (Lipinski definition) is 1. The average Bonchev–Trinajstić information content (AvgIpc) is 2.34. The van der Waals surface area contributed by atoms with Gasteiger partial charge in [0.25, 0.3) is 0 Å². The van der Waals surface area contributed by atoms with Crippen LogP contribution in [-0.2, 0) is 11.3 Å². The summed E-state index contributed by atoms with van der Waals surface area (Å²) in [6.07, 6.45) is 3.47. The van der Waals surface area contributed by atoms with Crippen LogP contribution >= 0.6 is 0 Å². The SMILES string of the molecule is CCN(Cc1ccncc1)C(=O)C(N)C(C)(C)C. The summed E-state index contributed by atoms with van der Waals surface area (Å²) in [4.78, 5) is 18.1. The number of amides is 1. The Hall–Kier alpha value is -1.42. The Bertz CT molecular complexity index is 384. The van der Waals surface area contributed by atoms with Gasteiger partial charge in [-0.15, -0.1) is 0 Å². The van der Waals surface area contributed by atoms with Crippen molar-refractivity contribution in [2.75, 3.05) is 6.54 Å². The summed E-state index contributed by atoms with van der Waals surface area (Å²) < 4.78 is 0. The Labute approximate surface area is 109 Å². The first-order chi connectivity index (χ1) is 8.36. The fraction of sp³-hybridized carbons (Fsp3) is 0.571. The van der Waals surface area contributed by atoms with Crippen molar-refractivity contribution in [2.45, 2.75) is 40.3 Å². The van der Waals surface area contributed by atoms with Crippen LogP contribution in [0.4, 0.5) is 0 Å². The third-order valence-corrected chi connectivity index (χ3v) is 3.02. The van der Waals surface area contributed by atoms with Crippen molar-refractivity contribution >= 4 is 5.91 Å². The van der Waals surface area contributed by atoms with Crippen molar-refractivity contribution in [3.05, 3.63) is 30.1 Å². The predicted octanol–water partition coefficient (Wildman–Crippen LogP) is 1.80. The van der Waals surface area contributed by atoms with Crippen LogP contribution in [0, 0.1) is 5.41 Å². The monoisotopic (exact) mass is 249 g/mol. The molecule has 2 N–H and O–H groups in total. The maximum absolute atomic E-state index is 12.3. The summed E-state index contributed by atoms with van der Waals surface area (Å²) >= 11 is 0. The Morgan fingerprint density at radius 1 is 1.39 bits per heavy atom. The second-order valence-electron chi connectivity index (χ2n) is 5.55. The summed E-state index contributed by atoms with van der Waals surface area (Å²) in [6, 6.07) is 3.36. The lowest BCUT2D eigenvalue weighted by Crippen LogP contribution is -2.50. The summed E-state index contributed by atoms with van der Waals surface area (Å²) in [6.45, 7) is 9.16. The minimum absolute atomic E-state index is 0.00168. The molecule has 1 atom stereocenters. The highest BCUT2D eigenvalue weighted by atomic mass is 16.2. The molecule has 1 aromatic heterocycles. The maximum atomic E-state index is 12.3. The van der Waals surface area contributed by atoms with Gasteiger partial charge in [-0.05, 0) is 30.0 Å². The van der Waals surface area contributed by atoms with Crippen molar-refractivity contribution < 1.29 is 4.79 Å². The Morgan fingerprint density at radius 2 is 1.94 bits per heavy atom. The average molecular weight is 249 g/mol. The maximum Gasteiger partial charge on any atom is 0.240 e. The minimum atomic E-state index is -0.473. The van der Waals surface area contributed by atoms with Crippen LogP contribution in [0.1, 0.15) is 33.3 Å². The molecule has 0 saturated heterocycles. The number of carbonyl (C=O) groups is 1. The van der Waals surface area contributed by atoms with E-state index in [1.54, 1.807) is 17.3 Å². The molecule has 0 fully saturated rings. The molecule has 0 aliphatic carbocycles. The standard InChI is InChI=1S/C14H23N3O/c1-5-17(10-11-6-8-16-9-7-11)13(18)12(15)14(2,3)4/h6-9,12H,5,10,15H2,1-4H3. The molecule has 1 rings (SSSR count). The van der Waals surface area contributed by atoms with Gasteiger partial charge in [0.2, 0.25) is 5.91 Å². The first-order valence-corrected chi connectivity index (χ1v) is 6.29. The Balaban J connectivity index is 2.75. The van der Waals surface area contributed by atoms with E-state index in [4.69, 9.17) is 5.73 Å². The lowest BCUT2D eigenvalue weighted by molar-refractivity contribution is -0.135. The molecule has 1 aromatic rings. The molecule has 1 heterocycles. The number of nitrogens with zero attached hydrogens (tertiary/aromatic N) is 2. The van der Waals surface area contributed by atoms with Crippen LogP contribution in [0.3, 0.4) is 0 Å². The van der Waals surface area contributed by atoms with Crippen LogP contribution in [-0.4, -0.2) is 28.4 Å². The summed E-state index contributed by atoms with van der Waals surface area (Å²) in [5.74, 6) is 0.00168. The molecule has 0 aliphatic rings. The normalized spacial score (nSPS) is 13.2. The van der Waals surface area contributed by atoms with Crippen molar-refractivity contribution in [1.29, 1.82) is 0 Å². The molecule has 1 unspecified atom stereocenters. The van der Waals surface area contributed by atoms with Crippen LogP contribution in [0.15, 0.2) is 24.5 Å². The number of pyridine rings is 1. The van der Waals surface area contributed by atoms with Gasteiger partial charge in [0, 0.05) is 25.5 Å². The van der Waals surface area contributed by atoms with E-state index in [1.807, 2.05) is 39.8 Å². The molecule has 100 valence electrons. The van der Waals surface area contributed by atoms with E-state index >= 15 is 0 Å². The zero-order chi connectivity index (χ0) is 13.8. The summed E-state index contributed by atoms with van der Waals surface area (Å²) in [5.41, 5.74) is 6.87. The fourth-order valence-corrected chi connectivity index (χ4v) is 1.62. The molecule has 0 bridgehead atoms. The van der Waals surface area contributed by atoms with E-state index in [1.165, 1.54) is 0 Å². The molecule has 18 heavy (non-hydrogen) atoms. The van der Waals surface area contributed by atoms with Crippen molar-refractivity contribution in [1.82, 2.24) is 9.88 Å². The molecular formula is C14H23N3O. The molecule has 0 saturated carbocycles. The van der Waals surface area contributed by atoms with E-state index in [0.717, 1.165) is 5.56 Å². The van der Waals surface area contributed by atoms with Gasteiger partial charge in [-0.25, -0.2) is 0 Å². The second kappa shape index (κ2) is 5.96. The predicted molar refractivity (Wildman–Crippen MR) is 72.8 cm³/mol. The number of carbonyl (C=O) groups excluding carboxylic acids is 1. The highest BCUT2D eigenvalue weighted by molar-refractivity contribution is 5.82. The first kappa shape index (κ1) is 14.6. The van der Waals surface area contributed by atoms with E-state index in [2.05, 4.69) is 4.98 Å². The fourth-order valence-electron chi connectivity index (χ4n) is 1.62.